The number of aliphatic carboxylic acids is 1. The van der Waals surface area contributed by atoms with Crippen molar-refractivity contribution in [3.8, 4) is 0 Å². The van der Waals surface area contributed by atoms with Crippen molar-refractivity contribution in [3.63, 3.8) is 0 Å². The first-order valence-corrected chi connectivity index (χ1v) is 12.3. The molecule has 1 saturated carbocycles. The van der Waals surface area contributed by atoms with Crippen LogP contribution in [0.4, 0.5) is 10.5 Å². The van der Waals surface area contributed by atoms with Crippen molar-refractivity contribution in [1.82, 2.24) is 9.80 Å². The van der Waals surface area contributed by atoms with Gasteiger partial charge in [-0.3, -0.25) is 14.4 Å². The molecular weight excluding hydrogens is 462 g/mol. The lowest BCUT2D eigenvalue weighted by molar-refractivity contribution is -0.143. The number of carboxylic acids is 1. The van der Waals surface area contributed by atoms with Crippen molar-refractivity contribution < 1.29 is 29.0 Å². The highest BCUT2D eigenvalue weighted by Crippen LogP contribution is 2.46. The second-order valence-electron chi connectivity index (χ2n) is 9.79. The van der Waals surface area contributed by atoms with E-state index < -0.39 is 23.6 Å². The van der Waals surface area contributed by atoms with Gasteiger partial charge in [0.25, 0.3) is 5.91 Å². The lowest BCUT2D eigenvalue weighted by Crippen LogP contribution is -2.47. The van der Waals surface area contributed by atoms with Crippen molar-refractivity contribution in [2.75, 3.05) is 18.4 Å². The van der Waals surface area contributed by atoms with E-state index in [4.69, 9.17) is 9.84 Å². The fraction of sp³-hybridized carbons (Fsp3) is 0.407. The molecule has 0 aromatic heterocycles. The van der Waals surface area contributed by atoms with E-state index in [-0.39, 0.29) is 31.5 Å². The second-order valence-corrected chi connectivity index (χ2v) is 9.79. The molecule has 2 aliphatic carbocycles. The average molecular weight is 492 g/mol. The Morgan fingerprint density at radius 2 is 1.94 bits per heavy atom. The molecule has 1 heterocycles. The van der Waals surface area contributed by atoms with Crippen molar-refractivity contribution >= 4 is 29.6 Å². The summed E-state index contributed by atoms with van der Waals surface area (Å²) in [5.74, 6) is -1.36. The Bertz CT molecular complexity index is 1210. The normalized spacial score (nSPS) is 21.3. The maximum atomic E-state index is 13.6. The summed E-state index contributed by atoms with van der Waals surface area (Å²) in [6.45, 7) is 1.84. The number of hydrogen-bond acceptors (Lipinski definition) is 6. The molecule has 9 heteroatoms. The number of amides is 3. The third-order valence-electron chi connectivity index (χ3n) is 7.41. The van der Waals surface area contributed by atoms with Gasteiger partial charge in [-0.15, -0.1) is 0 Å². The van der Waals surface area contributed by atoms with Crippen LogP contribution in [-0.2, 0) is 37.7 Å². The van der Waals surface area contributed by atoms with Gasteiger partial charge in [0.2, 0.25) is 11.5 Å². The highest BCUT2D eigenvalue weighted by Gasteiger charge is 2.58. The number of nitrogens with zero attached hydrogens (tertiary/aromatic N) is 2. The molecule has 2 atom stereocenters. The van der Waals surface area contributed by atoms with Gasteiger partial charge in [-0.05, 0) is 55.4 Å². The summed E-state index contributed by atoms with van der Waals surface area (Å²) in [6.07, 6.45) is 2.10. The first kappa shape index (κ1) is 23.8. The third kappa shape index (κ3) is 4.41. The summed E-state index contributed by atoms with van der Waals surface area (Å²) in [6, 6.07) is 14.8. The summed E-state index contributed by atoms with van der Waals surface area (Å²) in [5, 5.41) is 11.7. The van der Waals surface area contributed by atoms with Crippen molar-refractivity contribution in [2.45, 2.75) is 50.8 Å². The number of nitrogens with one attached hydrogen (secondary N) is 1. The smallest absolute Gasteiger partial charge is 0.418 e. The Kier molecular flexibility index (Phi) is 6.15. The quantitative estimate of drug-likeness (QED) is 0.554. The number of rotatable bonds is 9. The maximum Gasteiger partial charge on any atom is 0.418 e. The molecule has 2 aromatic rings. The van der Waals surface area contributed by atoms with Crippen LogP contribution in [0.3, 0.4) is 0 Å². The molecule has 188 valence electrons. The Labute approximate surface area is 209 Å². The van der Waals surface area contributed by atoms with Crippen LogP contribution < -0.4 is 5.32 Å². The largest absolute Gasteiger partial charge is 0.480 e. The number of carboxylic acid groups (broad SMARTS) is 1. The third-order valence-corrected chi connectivity index (χ3v) is 7.41. The minimum absolute atomic E-state index is 0.00400. The molecule has 0 bridgehead atoms. The van der Waals surface area contributed by atoms with Gasteiger partial charge < -0.3 is 20.1 Å². The highest BCUT2D eigenvalue weighted by molar-refractivity contribution is 6.06. The van der Waals surface area contributed by atoms with Crippen molar-refractivity contribution in [2.24, 2.45) is 5.92 Å². The Morgan fingerprint density at radius 3 is 2.64 bits per heavy atom. The predicted molar refractivity (Wildman–Crippen MR) is 130 cm³/mol. The summed E-state index contributed by atoms with van der Waals surface area (Å²) in [7, 11) is 0. The maximum absolute atomic E-state index is 13.6. The summed E-state index contributed by atoms with van der Waals surface area (Å²) in [5.41, 5.74) is 1.56. The van der Waals surface area contributed by atoms with Gasteiger partial charge in [-0.1, -0.05) is 36.4 Å². The first-order chi connectivity index (χ1) is 17.3. The molecule has 9 nitrogen and oxygen atoms in total. The Hall–Kier alpha value is -3.88. The molecule has 5 rings (SSSR count). The molecule has 1 spiro atoms. The first-order valence-electron chi connectivity index (χ1n) is 12.3. The fourth-order valence-electron chi connectivity index (χ4n) is 5.24. The van der Waals surface area contributed by atoms with Gasteiger partial charge in [-0.25, -0.2) is 9.69 Å². The van der Waals surface area contributed by atoms with Crippen LogP contribution in [0.15, 0.2) is 48.5 Å². The number of benzene rings is 2. The van der Waals surface area contributed by atoms with Crippen LogP contribution in [0, 0.1) is 5.92 Å². The lowest BCUT2D eigenvalue weighted by atomic mass is 9.94. The van der Waals surface area contributed by atoms with Gasteiger partial charge in [0.15, 0.2) is 0 Å². The van der Waals surface area contributed by atoms with E-state index >= 15 is 0 Å². The monoisotopic (exact) mass is 491 g/mol. The van der Waals surface area contributed by atoms with Gasteiger partial charge in [0, 0.05) is 30.3 Å². The molecule has 1 aliphatic heterocycles. The van der Waals surface area contributed by atoms with E-state index in [0.29, 0.717) is 30.1 Å². The molecule has 2 N–H and O–H groups in total. The molecule has 2 aromatic carbocycles. The zero-order valence-corrected chi connectivity index (χ0v) is 20.1. The van der Waals surface area contributed by atoms with E-state index in [2.05, 4.69) is 5.32 Å². The predicted octanol–water partition coefficient (Wildman–Crippen LogP) is 3.13. The molecule has 36 heavy (non-hydrogen) atoms. The number of fused-ring (bicyclic) bond motifs is 2. The molecule has 1 unspecified atom stereocenters. The van der Waals surface area contributed by atoms with E-state index in [9.17, 15) is 19.2 Å². The van der Waals surface area contributed by atoms with Crippen molar-refractivity contribution in [1.29, 1.82) is 0 Å². The van der Waals surface area contributed by atoms with Crippen LogP contribution in [-0.4, -0.2) is 57.9 Å². The van der Waals surface area contributed by atoms with Crippen LogP contribution >= 0.6 is 0 Å². The Morgan fingerprint density at radius 1 is 1.19 bits per heavy atom. The lowest BCUT2D eigenvalue weighted by Gasteiger charge is -2.30. The molecular formula is C27H29N3O6. The number of anilines is 1. The van der Waals surface area contributed by atoms with Crippen molar-refractivity contribution in [3.05, 3.63) is 65.2 Å². The zero-order valence-electron chi connectivity index (χ0n) is 20.1. The fourth-order valence-corrected chi connectivity index (χ4v) is 5.24. The molecule has 1 saturated heterocycles. The van der Waals surface area contributed by atoms with Gasteiger partial charge in [-0.2, -0.15) is 0 Å². The number of ether oxygens (including phenoxy) is 1. The minimum Gasteiger partial charge on any atom is -0.480 e. The minimum atomic E-state index is -1.44. The van der Waals surface area contributed by atoms with Gasteiger partial charge in [0.1, 0.15) is 13.1 Å². The van der Waals surface area contributed by atoms with E-state index in [1.807, 2.05) is 37.3 Å². The summed E-state index contributed by atoms with van der Waals surface area (Å²) < 4.78 is 5.67. The van der Waals surface area contributed by atoms with Gasteiger partial charge >= 0.3 is 12.1 Å². The van der Waals surface area contributed by atoms with E-state index in [1.54, 1.807) is 23.1 Å². The van der Waals surface area contributed by atoms with E-state index in [1.165, 1.54) is 0 Å². The topological polar surface area (TPSA) is 116 Å². The summed E-state index contributed by atoms with van der Waals surface area (Å²) >= 11 is 0. The molecule has 3 amide bonds. The SMILES string of the molecule is C[C@@H](C1CC1)N(Cc1ccccc1)C(=O)CN1C(=O)OC2(CCc3cc(NCC(=O)O)ccc32)C1=O. The number of imide groups is 1. The van der Waals surface area contributed by atoms with Crippen LogP contribution in [0.25, 0.3) is 0 Å². The zero-order chi connectivity index (χ0) is 25.4. The van der Waals surface area contributed by atoms with E-state index in [0.717, 1.165) is 28.9 Å². The van der Waals surface area contributed by atoms with Crippen LogP contribution in [0.1, 0.15) is 42.9 Å². The number of aryl methyl sites for hydroxylation is 1. The molecule has 0 radical (unpaired) electrons. The number of hydrogen-bond donors (Lipinski definition) is 2. The van der Waals surface area contributed by atoms with Crippen LogP contribution in [0.2, 0.25) is 0 Å². The number of carbonyl (C=O) groups excluding carboxylic acids is 3. The van der Waals surface area contributed by atoms with Crippen LogP contribution in [0.5, 0.6) is 0 Å². The standard InChI is InChI=1S/C27H29N3O6/c1-17(19-7-8-19)29(15-18-5-3-2-4-6-18)23(31)16-30-25(34)27(36-26(30)35)12-11-20-13-21(9-10-22(20)27)28-14-24(32)33/h2-6,9-10,13,17,19,28H,7-8,11-12,14-16H2,1H3,(H,32,33)/t17-,27?/m0/s1. The highest BCUT2D eigenvalue weighted by atomic mass is 16.6. The second kappa shape index (κ2) is 9.29. The number of carbonyl (C=O) groups is 4. The average Bonchev–Trinajstić information content (AvgIpc) is 3.62. The summed E-state index contributed by atoms with van der Waals surface area (Å²) in [4.78, 5) is 53.4. The molecule has 3 aliphatic rings. The van der Waals surface area contributed by atoms with Gasteiger partial charge in [0.05, 0.1) is 0 Å². The Balaban J connectivity index is 1.34. The molecule has 2 fully saturated rings.